The van der Waals surface area contributed by atoms with E-state index in [1.54, 1.807) is 0 Å². The first kappa shape index (κ1) is 14.0. The highest BCUT2D eigenvalue weighted by molar-refractivity contribution is 5.80. The Bertz CT molecular complexity index is 401. The van der Waals surface area contributed by atoms with Gasteiger partial charge in [-0.15, -0.1) is 0 Å². The van der Waals surface area contributed by atoms with Crippen molar-refractivity contribution < 1.29 is 14.3 Å². The molecule has 18 heavy (non-hydrogen) atoms. The van der Waals surface area contributed by atoms with E-state index in [1.807, 2.05) is 31.2 Å². The zero-order chi connectivity index (χ0) is 13.4. The molecule has 0 saturated heterocycles. The number of esters is 1. The van der Waals surface area contributed by atoms with Crippen molar-refractivity contribution in [3.8, 4) is 0 Å². The molecule has 1 rings (SSSR count). The second kappa shape index (κ2) is 7.32. The smallest absolute Gasteiger partial charge is 0.325 e. The lowest BCUT2D eigenvalue weighted by Gasteiger charge is -2.06. The fourth-order valence-corrected chi connectivity index (χ4v) is 1.36. The quantitative estimate of drug-likeness (QED) is 0.766. The summed E-state index contributed by atoms with van der Waals surface area (Å²) in [4.78, 5) is 22.1. The topological polar surface area (TPSA) is 67.4 Å². The molecular formula is C13H18N2O3. The molecule has 0 spiro atoms. The average molecular weight is 250 g/mol. The highest BCUT2D eigenvalue weighted by Gasteiger charge is 2.03. The number of aryl methyl sites for hydroxylation is 1. The average Bonchev–Trinajstić information content (AvgIpc) is 2.38. The largest absolute Gasteiger partial charge is 0.468 e. The summed E-state index contributed by atoms with van der Waals surface area (Å²) in [5, 5.41) is 5.07. The fraction of sp³-hybridized carbons (Fsp3) is 0.385. The van der Waals surface area contributed by atoms with Crippen molar-refractivity contribution in [1.29, 1.82) is 0 Å². The zero-order valence-corrected chi connectivity index (χ0v) is 10.7. The number of methoxy groups -OCH3 is 1. The summed E-state index contributed by atoms with van der Waals surface area (Å²) in [6, 6.07) is 7.76. The maximum absolute atomic E-state index is 11.3. The van der Waals surface area contributed by atoms with Gasteiger partial charge in [0.15, 0.2) is 0 Å². The van der Waals surface area contributed by atoms with Crippen molar-refractivity contribution in [2.45, 2.75) is 13.3 Å². The highest BCUT2D eigenvalue weighted by Crippen LogP contribution is 2.02. The normalized spacial score (nSPS) is 9.67. The van der Waals surface area contributed by atoms with Gasteiger partial charge in [-0.2, -0.15) is 0 Å². The lowest BCUT2D eigenvalue weighted by Crippen LogP contribution is -2.39. The van der Waals surface area contributed by atoms with E-state index in [9.17, 15) is 9.59 Å². The molecule has 0 aliphatic carbocycles. The number of amides is 2. The minimum Gasteiger partial charge on any atom is -0.468 e. The fourth-order valence-electron chi connectivity index (χ4n) is 1.36. The lowest BCUT2D eigenvalue weighted by molar-refractivity contribution is -0.139. The van der Waals surface area contributed by atoms with E-state index in [0.29, 0.717) is 6.54 Å². The van der Waals surface area contributed by atoms with Crippen molar-refractivity contribution in [2.75, 3.05) is 20.2 Å². The summed E-state index contributed by atoms with van der Waals surface area (Å²) >= 11 is 0. The third-order valence-corrected chi connectivity index (χ3v) is 2.44. The van der Waals surface area contributed by atoms with Gasteiger partial charge in [0.1, 0.15) is 6.54 Å². The summed E-state index contributed by atoms with van der Waals surface area (Å²) < 4.78 is 4.40. The number of rotatable bonds is 5. The van der Waals surface area contributed by atoms with Crippen LogP contribution >= 0.6 is 0 Å². The Hall–Kier alpha value is -2.04. The number of benzene rings is 1. The van der Waals surface area contributed by atoms with Crippen LogP contribution in [0.2, 0.25) is 0 Å². The molecule has 0 heterocycles. The maximum atomic E-state index is 11.3. The first-order valence-electron chi connectivity index (χ1n) is 5.76. The molecule has 2 N–H and O–H groups in total. The molecule has 2 amide bonds. The van der Waals surface area contributed by atoms with Crippen molar-refractivity contribution in [1.82, 2.24) is 10.6 Å². The second-order valence-corrected chi connectivity index (χ2v) is 3.92. The molecule has 0 radical (unpaired) electrons. The van der Waals surface area contributed by atoms with E-state index in [1.165, 1.54) is 12.7 Å². The monoisotopic (exact) mass is 250 g/mol. The van der Waals surface area contributed by atoms with Gasteiger partial charge in [0.25, 0.3) is 0 Å². The van der Waals surface area contributed by atoms with Gasteiger partial charge in [0.2, 0.25) is 0 Å². The van der Waals surface area contributed by atoms with Gasteiger partial charge in [-0.05, 0) is 18.9 Å². The molecule has 0 bridgehead atoms. The standard InChI is InChI=1S/C13H18N2O3/c1-10-3-5-11(6-4-10)7-8-14-13(17)15-9-12(16)18-2/h3-6H,7-9H2,1-2H3,(H2,14,15,17). The molecule has 1 aromatic rings. The van der Waals surface area contributed by atoms with Crippen LogP contribution in [0.15, 0.2) is 24.3 Å². The third-order valence-electron chi connectivity index (χ3n) is 2.44. The summed E-state index contributed by atoms with van der Waals surface area (Å²) in [5.74, 6) is -0.469. The van der Waals surface area contributed by atoms with Gasteiger partial charge in [0, 0.05) is 6.54 Å². The molecule has 0 fully saturated rings. The van der Waals surface area contributed by atoms with Crippen molar-refractivity contribution in [3.05, 3.63) is 35.4 Å². The minimum atomic E-state index is -0.469. The summed E-state index contributed by atoms with van der Waals surface area (Å²) in [6.07, 6.45) is 0.756. The Labute approximate surface area is 107 Å². The van der Waals surface area contributed by atoms with E-state index in [4.69, 9.17) is 0 Å². The predicted molar refractivity (Wildman–Crippen MR) is 68.3 cm³/mol. The van der Waals surface area contributed by atoms with E-state index < -0.39 is 5.97 Å². The molecule has 0 atom stereocenters. The Kier molecular flexibility index (Phi) is 5.70. The number of nitrogens with one attached hydrogen (secondary N) is 2. The van der Waals surface area contributed by atoms with Crippen LogP contribution in [0.5, 0.6) is 0 Å². The third kappa shape index (κ3) is 5.34. The van der Waals surface area contributed by atoms with E-state index in [2.05, 4.69) is 15.4 Å². The lowest BCUT2D eigenvalue weighted by atomic mass is 10.1. The van der Waals surface area contributed by atoms with Crippen molar-refractivity contribution in [3.63, 3.8) is 0 Å². The van der Waals surface area contributed by atoms with Gasteiger partial charge in [0.05, 0.1) is 7.11 Å². The minimum absolute atomic E-state index is 0.118. The number of hydrogen-bond donors (Lipinski definition) is 2. The number of ether oxygens (including phenoxy) is 1. The first-order valence-corrected chi connectivity index (χ1v) is 5.76. The van der Waals surface area contributed by atoms with Crippen molar-refractivity contribution >= 4 is 12.0 Å². The summed E-state index contributed by atoms with van der Waals surface area (Å²) in [5.41, 5.74) is 2.37. The molecule has 5 nitrogen and oxygen atoms in total. The van der Waals surface area contributed by atoms with E-state index >= 15 is 0 Å². The SMILES string of the molecule is COC(=O)CNC(=O)NCCc1ccc(C)cc1. The molecule has 98 valence electrons. The van der Waals surface area contributed by atoms with Gasteiger partial charge in [-0.1, -0.05) is 29.8 Å². The molecule has 5 heteroatoms. The Balaban J connectivity index is 2.19. The Morgan fingerprint density at radius 3 is 2.44 bits per heavy atom. The Morgan fingerprint density at radius 2 is 1.83 bits per heavy atom. The van der Waals surface area contributed by atoms with Crippen LogP contribution in [0.4, 0.5) is 4.79 Å². The van der Waals surface area contributed by atoms with E-state index in [0.717, 1.165) is 12.0 Å². The van der Waals surface area contributed by atoms with Crippen LogP contribution < -0.4 is 10.6 Å². The van der Waals surface area contributed by atoms with Crippen molar-refractivity contribution in [2.24, 2.45) is 0 Å². The van der Waals surface area contributed by atoms with Gasteiger partial charge < -0.3 is 15.4 Å². The predicted octanol–water partition coefficient (Wildman–Crippen LogP) is 1.01. The molecule has 0 aliphatic heterocycles. The zero-order valence-electron chi connectivity index (χ0n) is 10.7. The molecule has 0 saturated carbocycles. The van der Waals surface area contributed by atoms with Crippen LogP contribution in [0.1, 0.15) is 11.1 Å². The molecule has 0 unspecified atom stereocenters. The van der Waals surface area contributed by atoms with Gasteiger partial charge in [-0.25, -0.2) is 4.79 Å². The maximum Gasteiger partial charge on any atom is 0.325 e. The molecular weight excluding hydrogens is 232 g/mol. The number of carbonyl (C=O) groups excluding carboxylic acids is 2. The first-order chi connectivity index (χ1) is 8.61. The molecule has 1 aromatic carbocycles. The van der Waals surface area contributed by atoms with Crippen LogP contribution in [0.3, 0.4) is 0 Å². The van der Waals surface area contributed by atoms with Crippen LogP contribution in [-0.2, 0) is 16.0 Å². The van der Waals surface area contributed by atoms with Gasteiger partial charge in [-0.3, -0.25) is 4.79 Å². The number of hydrogen-bond acceptors (Lipinski definition) is 3. The summed E-state index contributed by atoms with van der Waals surface area (Å²) in [6.45, 7) is 2.44. The second-order valence-electron chi connectivity index (χ2n) is 3.92. The highest BCUT2D eigenvalue weighted by atomic mass is 16.5. The van der Waals surface area contributed by atoms with Crippen LogP contribution in [-0.4, -0.2) is 32.2 Å². The summed E-state index contributed by atoms with van der Waals surface area (Å²) in [7, 11) is 1.28. The van der Waals surface area contributed by atoms with E-state index in [-0.39, 0.29) is 12.6 Å². The number of urea groups is 1. The Morgan fingerprint density at radius 1 is 1.17 bits per heavy atom. The van der Waals surface area contributed by atoms with Gasteiger partial charge >= 0.3 is 12.0 Å². The number of carbonyl (C=O) groups is 2. The van der Waals surface area contributed by atoms with Crippen LogP contribution in [0, 0.1) is 6.92 Å². The van der Waals surface area contributed by atoms with Crippen LogP contribution in [0.25, 0.3) is 0 Å². The molecule has 0 aliphatic rings. The molecule has 0 aromatic heterocycles.